The fraction of sp³-hybridized carbons (Fsp3) is 0.0909. The molecule has 0 fully saturated rings. The summed E-state index contributed by atoms with van der Waals surface area (Å²) >= 11 is 4.92. The van der Waals surface area contributed by atoms with E-state index in [-0.39, 0.29) is 24.0 Å². The molecule has 1 heterocycles. The topological polar surface area (TPSA) is 114 Å². The first-order valence-corrected chi connectivity index (χ1v) is 15.2. The third-order valence-corrected chi connectivity index (χ3v) is 7.72. The molecule has 228 valence electrons. The smallest absolute Gasteiger partial charge is 0.271 e. The summed E-state index contributed by atoms with van der Waals surface area (Å²) in [6, 6.07) is 24.3. The Morgan fingerprint density at radius 1 is 1.04 bits per heavy atom. The average Bonchev–Trinajstić information content (AvgIpc) is 3.51. The van der Waals surface area contributed by atoms with E-state index < -0.39 is 11.7 Å². The maximum Gasteiger partial charge on any atom is 0.271 e. The van der Waals surface area contributed by atoms with Crippen molar-refractivity contribution >= 4 is 61.8 Å². The van der Waals surface area contributed by atoms with E-state index >= 15 is 0 Å². The number of halogens is 2. The Labute approximate surface area is 271 Å². The number of nitrogens with one attached hydrogen (secondary N) is 3. The summed E-state index contributed by atoms with van der Waals surface area (Å²) in [5.41, 5.74) is 7.44. The van der Waals surface area contributed by atoms with Gasteiger partial charge in [0.25, 0.3) is 11.8 Å². The zero-order valence-electron chi connectivity index (χ0n) is 24.1. The molecule has 0 saturated carbocycles. The average molecular weight is 689 g/mol. The molecule has 0 bridgehead atoms. The Balaban J connectivity index is 1.16. The predicted molar refractivity (Wildman–Crippen MR) is 178 cm³/mol. The highest BCUT2D eigenvalue weighted by atomic mass is 79.9. The van der Waals surface area contributed by atoms with Gasteiger partial charge in [-0.25, -0.2) is 14.8 Å². The van der Waals surface area contributed by atoms with Gasteiger partial charge in [-0.15, -0.1) is 11.3 Å². The Morgan fingerprint density at radius 3 is 2.53 bits per heavy atom. The van der Waals surface area contributed by atoms with Gasteiger partial charge in [0.05, 0.1) is 29.2 Å². The second-order valence-corrected chi connectivity index (χ2v) is 11.4. The number of hydrogen-bond donors (Lipinski definition) is 3. The molecule has 0 radical (unpaired) electrons. The number of amides is 2. The molecule has 4 aromatic carbocycles. The molecule has 9 nitrogen and oxygen atoms in total. The SMILES string of the molecule is COc1cc(/C=N/NC(=O)c2ccc(-c3csc(Nc4ccc(C)cc4)n3)cc2)cc(Br)c1OCC(=O)Nc1ccccc1F. The van der Waals surface area contributed by atoms with Crippen molar-refractivity contribution in [1.29, 1.82) is 0 Å². The number of aryl methyl sites for hydroxylation is 1. The molecular formula is C33H27BrFN5O4S. The Hall–Kier alpha value is -5.07. The minimum Gasteiger partial charge on any atom is -0.493 e. The number of carbonyl (C=O) groups is 2. The van der Waals surface area contributed by atoms with Crippen LogP contribution in [-0.4, -0.2) is 36.7 Å². The maximum atomic E-state index is 13.8. The Bertz CT molecular complexity index is 1850. The van der Waals surface area contributed by atoms with E-state index in [4.69, 9.17) is 9.47 Å². The number of para-hydroxylation sites is 1. The quantitative estimate of drug-likeness (QED) is 0.0976. The van der Waals surface area contributed by atoms with Crippen molar-refractivity contribution in [3.8, 4) is 22.8 Å². The summed E-state index contributed by atoms with van der Waals surface area (Å²) in [6.45, 7) is 1.67. The summed E-state index contributed by atoms with van der Waals surface area (Å²) in [6.07, 6.45) is 1.45. The first-order valence-electron chi connectivity index (χ1n) is 13.6. The highest BCUT2D eigenvalue weighted by molar-refractivity contribution is 9.10. The van der Waals surface area contributed by atoms with Crippen LogP contribution in [0.1, 0.15) is 21.5 Å². The summed E-state index contributed by atoms with van der Waals surface area (Å²) < 4.78 is 25.3. The first kappa shape index (κ1) is 31.4. The summed E-state index contributed by atoms with van der Waals surface area (Å²) in [4.78, 5) is 29.6. The number of methoxy groups -OCH3 is 1. The number of ether oxygens (including phenoxy) is 2. The maximum absolute atomic E-state index is 13.8. The molecule has 1 aromatic heterocycles. The largest absolute Gasteiger partial charge is 0.493 e. The van der Waals surface area contributed by atoms with Crippen LogP contribution >= 0.6 is 27.3 Å². The number of hydrazone groups is 1. The van der Waals surface area contributed by atoms with Crippen molar-refractivity contribution in [3.63, 3.8) is 0 Å². The summed E-state index contributed by atoms with van der Waals surface area (Å²) in [5, 5.41) is 12.6. The van der Waals surface area contributed by atoms with Gasteiger partial charge >= 0.3 is 0 Å². The van der Waals surface area contributed by atoms with Gasteiger partial charge in [0.1, 0.15) is 5.82 Å². The number of carbonyl (C=O) groups excluding carboxylic acids is 2. The van der Waals surface area contributed by atoms with Crippen LogP contribution in [0.4, 0.5) is 20.9 Å². The molecule has 0 atom stereocenters. The highest BCUT2D eigenvalue weighted by Gasteiger charge is 2.15. The van der Waals surface area contributed by atoms with Crippen LogP contribution in [0.2, 0.25) is 0 Å². The van der Waals surface area contributed by atoms with Gasteiger partial charge in [0, 0.05) is 22.2 Å². The summed E-state index contributed by atoms with van der Waals surface area (Å²) in [5.74, 6) is -0.869. The van der Waals surface area contributed by atoms with Crippen LogP contribution in [0.25, 0.3) is 11.3 Å². The molecule has 0 aliphatic carbocycles. The van der Waals surface area contributed by atoms with Crippen molar-refractivity contribution < 1.29 is 23.5 Å². The molecule has 0 unspecified atom stereocenters. The lowest BCUT2D eigenvalue weighted by molar-refractivity contribution is -0.118. The van der Waals surface area contributed by atoms with Gasteiger partial charge in [0.15, 0.2) is 23.2 Å². The van der Waals surface area contributed by atoms with Crippen molar-refractivity contribution in [2.45, 2.75) is 6.92 Å². The van der Waals surface area contributed by atoms with Crippen molar-refractivity contribution in [2.24, 2.45) is 5.10 Å². The molecule has 2 amide bonds. The van der Waals surface area contributed by atoms with Gasteiger partial charge in [-0.1, -0.05) is 42.0 Å². The first-order chi connectivity index (χ1) is 21.8. The Morgan fingerprint density at radius 2 is 1.80 bits per heavy atom. The molecule has 5 rings (SSSR count). The number of aromatic nitrogens is 1. The fourth-order valence-electron chi connectivity index (χ4n) is 4.09. The van der Waals surface area contributed by atoms with Crippen molar-refractivity contribution in [3.05, 3.63) is 117 Å². The number of hydrogen-bond acceptors (Lipinski definition) is 8. The number of anilines is 3. The molecule has 0 spiro atoms. The van der Waals surface area contributed by atoms with Gasteiger partial charge in [-0.3, -0.25) is 9.59 Å². The molecule has 0 aliphatic heterocycles. The number of nitrogens with zero attached hydrogens (tertiary/aromatic N) is 2. The van der Waals surface area contributed by atoms with Gasteiger partial charge in [-0.2, -0.15) is 5.10 Å². The minimum absolute atomic E-state index is 0.0573. The third-order valence-electron chi connectivity index (χ3n) is 6.38. The minimum atomic E-state index is -0.547. The third kappa shape index (κ3) is 8.31. The van der Waals surface area contributed by atoms with E-state index in [0.717, 1.165) is 22.1 Å². The van der Waals surface area contributed by atoms with Gasteiger partial charge in [-0.05, 0) is 76.9 Å². The zero-order valence-corrected chi connectivity index (χ0v) is 26.5. The van der Waals surface area contributed by atoms with Gasteiger partial charge in [0.2, 0.25) is 0 Å². The highest BCUT2D eigenvalue weighted by Crippen LogP contribution is 2.36. The van der Waals surface area contributed by atoms with Crippen LogP contribution in [0, 0.1) is 12.7 Å². The zero-order chi connectivity index (χ0) is 31.8. The Kier molecular flexibility index (Phi) is 10.2. The number of thiazole rings is 1. The molecule has 0 saturated heterocycles. The molecule has 0 aliphatic rings. The molecule has 3 N–H and O–H groups in total. The lowest BCUT2D eigenvalue weighted by Crippen LogP contribution is -2.21. The molecular weight excluding hydrogens is 661 g/mol. The number of benzene rings is 4. The number of rotatable bonds is 11. The van der Waals surface area contributed by atoms with Gasteiger partial charge < -0.3 is 20.1 Å². The second kappa shape index (κ2) is 14.6. The normalized spacial score (nSPS) is 10.8. The van der Waals surface area contributed by atoms with Crippen LogP contribution in [0.15, 0.2) is 99.9 Å². The standard InChI is InChI=1S/C33H27BrFN5O4S/c1-20-7-13-24(14-8-20)37-33-39-28(19-45-33)22-9-11-23(12-10-22)32(42)40-36-17-21-15-25(34)31(29(16-21)43-2)44-18-30(41)38-27-6-4-3-5-26(27)35/h3-17,19H,18H2,1-2H3,(H,37,39)(H,38,41)(H,40,42)/b36-17+. The predicted octanol–water partition coefficient (Wildman–Crippen LogP) is 7.55. The second-order valence-electron chi connectivity index (χ2n) is 9.66. The molecule has 45 heavy (non-hydrogen) atoms. The van der Waals surface area contributed by atoms with E-state index in [2.05, 4.69) is 42.1 Å². The van der Waals surface area contributed by atoms with Crippen LogP contribution < -0.4 is 25.5 Å². The van der Waals surface area contributed by atoms with Crippen LogP contribution in [-0.2, 0) is 4.79 Å². The summed E-state index contributed by atoms with van der Waals surface area (Å²) in [7, 11) is 1.45. The fourth-order valence-corrected chi connectivity index (χ4v) is 5.40. The molecule has 5 aromatic rings. The van der Waals surface area contributed by atoms with E-state index in [1.54, 1.807) is 30.3 Å². The molecule has 12 heteroatoms. The monoisotopic (exact) mass is 687 g/mol. The van der Waals surface area contributed by atoms with E-state index in [1.807, 2.05) is 48.7 Å². The van der Waals surface area contributed by atoms with Crippen LogP contribution in [0.3, 0.4) is 0 Å². The van der Waals surface area contributed by atoms with E-state index in [0.29, 0.717) is 21.3 Å². The lowest BCUT2D eigenvalue weighted by Gasteiger charge is -2.13. The van der Waals surface area contributed by atoms with Crippen molar-refractivity contribution in [2.75, 3.05) is 24.4 Å². The van der Waals surface area contributed by atoms with Crippen LogP contribution in [0.5, 0.6) is 11.5 Å². The van der Waals surface area contributed by atoms with E-state index in [1.165, 1.54) is 48.4 Å². The lowest BCUT2D eigenvalue weighted by atomic mass is 10.1. The van der Waals surface area contributed by atoms with E-state index in [9.17, 15) is 14.0 Å². The van der Waals surface area contributed by atoms with Crippen molar-refractivity contribution in [1.82, 2.24) is 10.4 Å².